The summed E-state index contributed by atoms with van der Waals surface area (Å²) in [7, 11) is 0. The third kappa shape index (κ3) is 5.55. The van der Waals surface area contributed by atoms with Gasteiger partial charge in [-0.15, -0.1) is 0 Å². The Balaban J connectivity index is 1.38. The molecule has 0 N–H and O–H groups in total. The Kier molecular flexibility index (Phi) is 6.73. The maximum absolute atomic E-state index is 13.8. The fraction of sp³-hybridized carbons (Fsp3) is 0.296. The number of likely N-dealkylation sites (tertiary alicyclic amines) is 1. The minimum absolute atomic E-state index is 0.0158. The lowest BCUT2D eigenvalue weighted by Crippen LogP contribution is -2.42. The molecule has 0 spiro atoms. The van der Waals surface area contributed by atoms with Crippen molar-refractivity contribution in [2.45, 2.75) is 31.5 Å². The first-order valence-corrected chi connectivity index (χ1v) is 12.0. The number of benzene rings is 2. The summed E-state index contributed by atoms with van der Waals surface area (Å²) >= 11 is 0. The second-order valence-corrected chi connectivity index (χ2v) is 9.32. The SMILES string of the molecule is O=C(c1ccc(N2Cc3c(ccnc3-c3ccc(F)cc3OCC(F)(F)F)C2=O)cc1)N1CCC(F)(F)CC1. The molecular weight excluding hydrogens is 528 g/mol. The number of rotatable bonds is 5. The van der Waals surface area contributed by atoms with Gasteiger partial charge in [-0.3, -0.25) is 14.6 Å². The first kappa shape index (κ1) is 26.5. The van der Waals surface area contributed by atoms with Gasteiger partial charge in [-0.25, -0.2) is 13.2 Å². The van der Waals surface area contributed by atoms with Crippen LogP contribution in [-0.2, 0) is 6.54 Å². The molecule has 39 heavy (non-hydrogen) atoms. The number of aromatic nitrogens is 1. The fourth-order valence-corrected chi connectivity index (χ4v) is 4.64. The van der Waals surface area contributed by atoms with Crippen molar-refractivity contribution < 1.29 is 40.7 Å². The van der Waals surface area contributed by atoms with Gasteiger partial charge in [0, 0.05) is 66.1 Å². The second kappa shape index (κ2) is 9.90. The Hall–Kier alpha value is -4.09. The van der Waals surface area contributed by atoms with E-state index >= 15 is 0 Å². The van der Waals surface area contributed by atoms with Gasteiger partial charge < -0.3 is 14.5 Å². The molecule has 3 heterocycles. The van der Waals surface area contributed by atoms with Crippen LogP contribution in [0.1, 0.15) is 39.1 Å². The summed E-state index contributed by atoms with van der Waals surface area (Å²) in [5.41, 5.74) is 1.68. The lowest BCUT2D eigenvalue weighted by atomic mass is 10.0. The summed E-state index contributed by atoms with van der Waals surface area (Å²) < 4.78 is 83.8. The summed E-state index contributed by atoms with van der Waals surface area (Å²) in [6, 6.07) is 10.7. The Morgan fingerprint density at radius 2 is 1.69 bits per heavy atom. The van der Waals surface area contributed by atoms with Crippen LogP contribution < -0.4 is 9.64 Å². The number of piperidine rings is 1. The molecule has 2 aromatic carbocycles. The number of carbonyl (C=O) groups is 2. The van der Waals surface area contributed by atoms with Gasteiger partial charge >= 0.3 is 6.18 Å². The van der Waals surface area contributed by atoms with E-state index in [1.54, 1.807) is 12.1 Å². The molecule has 0 bridgehead atoms. The zero-order valence-corrected chi connectivity index (χ0v) is 20.3. The quantitative estimate of drug-likeness (QED) is 0.374. The maximum atomic E-state index is 13.8. The molecule has 0 saturated carbocycles. The Morgan fingerprint density at radius 1 is 1.00 bits per heavy atom. The largest absolute Gasteiger partial charge is 0.483 e. The average molecular weight is 549 g/mol. The lowest BCUT2D eigenvalue weighted by molar-refractivity contribution is -0.153. The zero-order valence-electron chi connectivity index (χ0n) is 20.3. The highest BCUT2D eigenvalue weighted by molar-refractivity contribution is 6.11. The highest BCUT2D eigenvalue weighted by Gasteiger charge is 2.36. The van der Waals surface area contributed by atoms with E-state index in [0.29, 0.717) is 11.3 Å². The van der Waals surface area contributed by atoms with Crippen LogP contribution in [0.5, 0.6) is 5.75 Å². The Bertz CT molecular complexity index is 1420. The van der Waals surface area contributed by atoms with Gasteiger partial charge in [-0.2, -0.15) is 13.2 Å². The smallest absolute Gasteiger partial charge is 0.422 e. The minimum Gasteiger partial charge on any atom is -0.483 e. The molecule has 12 heteroatoms. The van der Waals surface area contributed by atoms with Crippen LogP contribution in [-0.4, -0.2) is 53.5 Å². The third-order valence-corrected chi connectivity index (χ3v) is 6.65. The summed E-state index contributed by atoms with van der Waals surface area (Å²) in [5, 5.41) is 0. The summed E-state index contributed by atoms with van der Waals surface area (Å²) in [5.74, 6) is -4.72. The monoisotopic (exact) mass is 549 g/mol. The normalized spacial score (nSPS) is 16.8. The van der Waals surface area contributed by atoms with Gasteiger partial charge in [0.15, 0.2) is 6.61 Å². The summed E-state index contributed by atoms with van der Waals surface area (Å²) in [6.45, 7) is -1.72. The van der Waals surface area contributed by atoms with Gasteiger partial charge in [0.25, 0.3) is 17.7 Å². The molecule has 6 nitrogen and oxygen atoms in total. The summed E-state index contributed by atoms with van der Waals surface area (Å²) in [4.78, 5) is 33.0. The predicted octanol–water partition coefficient (Wildman–Crippen LogP) is 5.86. The van der Waals surface area contributed by atoms with Crippen LogP contribution in [0.4, 0.5) is 32.0 Å². The molecule has 2 aliphatic heterocycles. The molecule has 3 aromatic rings. The average Bonchev–Trinajstić information content (AvgIpc) is 3.23. The van der Waals surface area contributed by atoms with Crippen LogP contribution in [0, 0.1) is 5.82 Å². The van der Waals surface area contributed by atoms with Gasteiger partial charge in [0.1, 0.15) is 11.6 Å². The van der Waals surface area contributed by atoms with Crippen LogP contribution >= 0.6 is 0 Å². The molecule has 2 amide bonds. The molecule has 2 aliphatic rings. The van der Waals surface area contributed by atoms with E-state index in [2.05, 4.69) is 4.98 Å². The molecule has 204 valence electrons. The van der Waals surface area contributed by atoms with E-state index in [1.807, 2.05) is 0 Å². The number of halogens is 6. The molecule has 1 saturated heterocycles. The third-order valence-electron chi connectivity index (χ3n) is 6.65. The second-order valence-electron chi connectivity index (χ2n) is 9.32. The van der Waals surface area contributed by atoms with Crippen LogP contribution in [0.25, 0.3) is 11.3 Å². The number of hydrogen-bond donors (Lipinski definition) is 0. The van der Waals surface area contributed by atoms with Crippen molar-refractivity contribution in [1.29, 1.82) is 0 Å². The van der Waals surface area contributed by atoms with E-state index in [4.69, 9.17) is 4.74 Å². The number of pyridine rings is 1. The Labute approximate surface area is 218 Å². The van der Waals surface area contributed by atoms with Crippen molar-refractivity contribution in [2.75, 3.05) is 24.6 Å². The van der Waals surface area contributed by atoms with Crippen molar-refractivity contribution in [3.63, 3.8) is 0 Å². The number of alkyl halides is 5. The van der Waals surface area contributed by atoms with Crippen LogP contribution in [0.15, 0.2) is 54.7 Å². The van der Waals surface area contributed by atoms with E-state index in [9.17, 15) is 35.9 Å². The van der Waals surface area contributed by atoms with Crippen molar-refractivity contribution in [1.82, 2.24) is 9.88 Å². The number of nitrogens with zero attached hydrogens (tertiary/aromatic N) is 3. The van der Waals surface area contributed by atoms with Crippen molar-refractivity contribution in [3.05, 3.63) is 77.2 Å². The van der Waals surface area contributed by atoms with E-state index in [-0.39, 0.29) is 53.7 Å². The molecule has 1 aromatic heterocycles. The highest BCUT2D eigenvalue weighted by atomic mass is 19.4. The molecule has 0 atom stereocenters. The predicted molar refractivity (Wildman–Crippen MR) is 128 cm³/mol. The van der Waals surface area contributed by atoms with Crippen LogP contribution in [0.2, 0.25) is 0 Å². The number of carbonyl (C=O) groups excluding carboxylic acids is 2. The standard InChI is InChI=1S/C27H21F6N3O3/c28-17-3-6-20(22(13-17)39-15-27(31,32)33)23-21-14-36(25(38)19(21)7-10-34-23)18-4-1-16(2-5-18)24(37)35-11-8-26(29,30)9-12-35/h1-7,10,13H,8-9,11-12,14-15H2. The van der Waals surface area contributed by atoms with Gasteiger partial charge in [0.05, 0.1) is 12.2 Å². The minimum atomic E-state index is -4.64. The van der Waals surface area contributed by atoms with Crippen molar-refractivity contribution in [2.24, 2.45) is 0 Å². The van der Waals surface area contributed by atoms with Gasteiger partial charge in [-0.1, -0.05) is 0 Å². The van der Waals surface area contributed by atoms with Gasteiger partial charge in [-0.05, 0) is 42.5 Å². The number of hydrogen-bond acceptors (Lipinski definition) is 4. The molecule has 0 unspecified atom stereocenters. The lowest BCUT2D eigenvalue weighted by Gasteiger charge is -2.31. The molecule has 0 aliphatic carbocycles. The topological polar surface area (TPSA) is 62.7 Å². The number of ether oxygens (including phenoxy) is 1. The molecule has 1 fully saturated rings. The van der Waals surface area contributed by atoms with E-state index < -0.39 is 43.3 Å². The van der Waals surface area contributed by atoms with Gasteiger partial charge in [0.2, 0.25) is 0 Å². The zero-order chi connectivity index (χ0) is 27.9. The van der Waals surface area contributed by atoms with Crippen LogP contribution in [0.3, 0.4) is 0 Å². The molecular formula is C27H21F6N3O3. The maximum Gasteiger partial charge on any atom is 0.422 e. The molecule has 5 rings (SSSR count). The van der Waals surface area contributed by atoms with Crippen molar-refractivity contribution >= 4 is 17.5 Å². The van der Waals surface area contributed by atoms with E-state index in [1.165, 1.54) is 40.3 Å². The first-order chi connectivity index (χ1) is 18.4. The number of amides is 2. The Morgan fingerprint density at radius 3 is 2.36 bits per heavy atom. The highest BCUT2D eigenvalue weighted by Crippen LogP contribution is 2.38. The number of fused-ring (bicyclic) bond motifs is 1. The number of anilines is 1. The van der Waals surface area contributed by atoms with Crippen molar-refractivity contribution in [3.8, 4) is 17.0 Å². The first-order valence-electron chi connectivity index (χ1n) is 12.0. The fourth-order valence-electron chi connectivity index (χ4n) is 4.64. The summed E-state index contributed by atoms with van der Waals surface area (Å²) in [6.07, 6.45) is -4.11. The molecule has 0 radical (unpaired) electrons. The van der Waals surface area contributed by atoms with E-state index in [0.717, 1.165) is 12.1 Å².